The fraction of sp³-hybridized carbons (Fsp3) is 0.500. The molecule has 0 spiro atoms. The van der Waals surface area contributed by atoms with Crippen LogP contribution in [0.25, 0.3) is 10.2 Å². The van der Waals surface area contributed by atoms with Gasteiger partial charge >= 0.3 is 5.69 Å². The Hall–Kier alpha value is -2.35. The number of aromatic amines is 1. The number of aryl methyl sites for hydroxylation is 1. The second kappa shape index (κ2) is 6.75. The monoisotopic (exact) mass is 373 g/mol. The third kappa shape index (κ3) is 2.98. The highest BCUT2D eigenvalue weighted by Gasteiger charge is 2.26. The molecule has 4 heterocycles. The summed E-state index contributed by atoms with van der Waals surface area (Å²) in [5.74, 6) is 1.39. The van der Waals surface area contributed by atoms with Crippen molar-refractivity contribution in [3.05, 3.63) is 39.5 Å². The molecule has 1 fully saturated rings. The van der Waals surface area contributed by atoms with Gasteiger partial charge in [-0.25, -0.2) is 9.48 Å². The first-order valence-corrected chi connectivity index (χ1v) is 9.93. The van der Waals surface area contributed by atoms with Gasteiger partial charge in [0.25, 0.3) is 5.91 Å². The minimum absolute atomic E-state index is 0.0539. The Morgan fingerprint density at radius 3 is 2.85 bits per heavy atom. The van der Waals surface area contributed by atoms with Crippen LogP contribution < -0.4 is 5.69 Å². The number of piperidine rings is 1. The van der Waals surface area contributed by atoms with E-state index in [1.165, 1.54) is 4.68 Å². The first kappa shape index (κ1) is 17.1. The number of aromatic nitrogens is 4. The third-order valence-corrected chi connectivity index (χ3v) is 6.11. The standard InChI is InChI=1S/C18H23N5O2S/c1-3-23-16(20-21(2)18(23)25)10-12-4-7-22(8-5-12)17(24)14-11-15-13(19-14)6-9-26-15/h6,9,11-12,19H,3-5,7-8,10H2,1-2H3. The zero-order chi connectivity index (χ0) is 18.3. The maximum Gasteiger partial charge on any atom is 0.345 e. The summed E-state index contributed by atoms with van der Waals surface area (Å²) in [6.45, 7) is 4.11. The molecule has 0 saturated carbocycles. The Morgan fingerprint density at radius 1 is 1.38 bits per heavy atom. The number of carbonyl (C=O) groups is 1. The number of nitrogens with zero attached hydrogens (tertiary/aromatic N) is 4. The number of nitrogens with one attached hydrogen (secondary N) is 1. The van der Waals surface area contributed by atoms with Crippen LogP contribution in [0.4, 0.5) is 0 Å². The molecule has 4 rings (SSSR count). The van der Waals surface area contributed by atoms with Crippen molar-refractivity contribution in [2.24, 2.45) is 13.0 Å². The fourth-order valence-electron chi connectivity index (χ4n) is 3.76. The topological polar surface area (TPSA) is 75.9 Å². The molecule has 0 aromatic carbocycles. The summed E-state index contributed by atoms with van der Waals surface area (Å²) in [5.41, 5.74) is 1.65. The lowest BCUT2D eigenvalue weighted by molar-refractivity contribution is 0.0684. The third-order valence-electron chi connectivity index (χ3n) is 5.24. The molecule has 1 N–H and O–H groups in total. The molecule has 1 amide bonds. The van der Waals surface area contributed by atoms with Crippen molar-refractivity contribution < 1.29 is 4.79 Å². The minimum atomic E-state index is -0.0539. The van der Waals surface area contributed by atoms with Gasteiger partial charge in [-0.05, 0) is 43.2 Å². The van der Waals surface area contributed by atoms with E-state index in [0.29, 0.717) is 18.2 Å². The van der Waals surface area contributed by atoms with E-state index in [1.54, 1.807) is 23.0 Å². The summed E-state index contributed by atoms with van der Waals surface area (Å²) >= 11 is 1.64. The summed E-state index contributed by atoms with van der Waals surface area (Å²) in [4.78, 5) is 29.9. The molecule has 8 heteroatoms. The van der Waals surface area contributed by atoms with E-state index in [1.807, 2.05) is 29.3 Å². The Morgan fingerprint density at radius 2 is 2.15 bits per heavy atom. The lowest BCUT2D eigenvalue weighted by Crippen LogP contribution is -2.39. The first-order valence-electron chi connectivity index (χ1n) is 9.05. The molecule has 1 aliphatic heterocycles. The van der Waals surface area contributed by atoms with E-state index in [-0.39, 0.29) is 11.6 Å². The molecule has 0 bridgehead atoms. The van der Waals surface area contributed by atoms with Crippen LogP contribution in [0.5, 0.6) is 0 Å². The Balaban J connectivity index is 1.39. The first-order chi connectivity index (χ1) is 12.6. The summed E-state index contributed by atoms with van der Waals surface area (Å²) in [7, 11) is 1.69. The van der Waals surface area contributed by atoms with Gasteiger partial charge in [0.1, 0.15) is 11.5 Å². The number of likely N-dealkylation sites (tertiary alicyclic amines) is 1. The molecule has 3 aromatic heterocycles. The van der Waals surface area contributed by atoms with E-state index < -0.39 is 0 Å². The van der Waals surface area contributed by atoms with E-state index in [4.69, 9.17) is 0 Å². The highest BCUT2D eigenvalue weighted by atomic mass is 32.1. The van der Waals surface area contributed by atoms with E-state index >= 15 is 0 Å². The normalized spacial score (nSPS) is 15.8. The Kier molecular flexibility index (Phi) is 4.44. The summed E-state index contributed by atoms with van der Waals surface area (Å²) in [6.07, 6.45) is 2.68. The highest BCUT2D eigenvalue weighted by molar-refractivity contribution is 7.17. The molecule has 0 aliphatic carbocycles. The number of rotatable bonds is 4. The van der Waals surface area contributed by atoms with Gasteiger partial charge in [-0.3, -0.25) is 9.36 Å². The summed E-state index contributed by atoms with van der Waals surface area (Å²) in [5, 5.41) is 6.40. The van der Waals surface area contributed by atoms with E-state index in [9.17, 15) is 9.59 Å². The van der Waals surface area contributed by atoms with Crippen LogP contribution in [0, 0.1) is 5.92 Å². The smallest absolute Gasteiger partial charge is 0.345 e. The zero-order valence-corrected chi connectivity index (χ0v) is 15.9. The van der Waals surface area contributed by atoms with Crippen molar-refractivity contribution in [2.45, 2.75) is 32.7 Å². The predicted octanol–water partition coefficient (Wildman–Crippen LogP) is 2.24. The molecule has 0 atom stereocenters. The van der Waals surface area contributed by atoms with E-state index in [0.717, 1.165) is 48.4 Å². The van der Waals surface area contributed by atoms with Crippen molar-refractivity contribution in [1.29, 1.82) is 0 Å². The van der Waals surface area contributed by atoms with Crippen molar-refractivity contribution in [3.63, 3.8) is 0 Å². The van der Waals surface area contributed by atoms with Crippen molar-refractivity contribution in [3.8, 4) is 0 Å². The van der Waals surface area contributed by atoms with Gasteiger partial charge in [0, 0.05) is 33.1 Å². The van der Waals surface area contributed by atoms with Gasteiger partial charge in [-0.2, -0.15) is 5.10 Å². The molecule has 1 aliphatic rings. The highest BCUT2D eigenvalue weighted by Crippen LogP contribution is 2.25. The maximum absolute atomic E-state index is 12.7. The van der Waals surface area contributed by atoms with Gasteiger partial charge in [0.2, 0.25) is 0 Å². The summed E-state index contributed by atoms with van der Waals surface area (Å²) in [6, 6.07) is 3.95. The number of H-pyrrole nitrogens is 1. The Labute approximate surface area is 155 Å². The van der Waals surface area contributed by atoms with Gasteiger partial charge in [-0.15, -0.1) is 11.3 Å². The van der Waals surface area contributed by atoms with Crippen LogP contribution in [0.3, 0.4) is 0 Å². The Bertz CT molecular complexity index is 958. The van der Waals surface area contributed by atoms with E-state index in [2.05, 4.69) is 10.1 Å². The quantitative estimate of drug-likeness (QED) is 0.762. The zero-order valence-electron chi connectivity index (χ0n) is 15.1. The molecule has 1 saturated heterocycles. The second-order valence-corrected chi connectivity index (χ2v) is 7.84. The van der Waals surface area contributed by atoms with Crippen LogP contribution in [-0.4, -0.2) is 43.2 Å². The number of fused-ring (bicyclic) bond motifs is 1. The van der Waals surface area contributed by atoms with Crippen LogP contribution in [0.15, 0.2) is 22.3 Å². The van der Waals surface area contributed by atoms with Gasteiger partial charge in [0.15, 0.2) is 0 Å². The molecular weight excluding hydrogens is 350 g/mol. The number of amides is 1. The van der Waals surface area contributed by atoms with Crippen molar-refractivity contribution in [2.75, 3.05) is 13.1 Å². The van der Waals surface area contributed by atoms with Crippen LogP contribution in [0.1, 0.15) is 36.1 Å². The summed E-state index contributed by atoms with van der Waals surface area (Å²) < 4.78 is 4.27. The van der Waals surface area contributed by atoms with Crippen molar-refractivity contribution in [1.82, 2.24) is 24.2 Å². The lowest BCUT2D eigenvalue weighted by atomic mass is 9.93. The molecule has 7 nitrogen and oxygen atoms in total. The van der Waals surface area contributed by atoms with Gasteiger partial charge < -0.3 is 9.88 Å². The average molecular weight is 373 g/mol. The lowest BCUT2D eigenvalue weighted by Gasteiger charge is -2.31. The van der Waals surface area contributed by atoms with Crippen LogP contribution in [-0.2, 0) is 20.0 Å². The molecule has 26 heavy (non-hydrogen) atoms. The number of thiophene rings is 1. The average Bonchev–Trinajstić information content (AvgIpc) is 3.30. The SMILES string of the molecule is CCn1c(CC2CCN(C(=O)c3cc4sccc4[nH]3)CC2)nn(C)c1=O. The van der Waals surface area contributed by atoms with Gasteiger partial charge in [0.05, 0.1) is 10.2 Å². The number of hydrogen-bond donors (Lipinski definition) is 1. The van der Waals surface area contributed by atoms with Crippen LogP contribution in [0.2, 0.25) is 0 Å². The van der Waals surface area contributed by atoms with Gasteiger partial charge in [-0.1, -0.05) is 0 Å². The number of carbonyl (C=O) groups excluding carboxylic acids is 1. The minimum Gasteiger partial charge on any atom is -0.350 e. The molecule has 0 radical (unpaired) electrons. The predicted molar refractivity (Wildman–Crippen MR) is 102 cm³/mol. The molecule has 0 unspecified atom stereocenters. The molecular formula is C18H23N5O2S. The maximum atomic E-state index is 12.7. The van der Waals surface area contributed by atoms with Crippen molar-refractivity contribution >= 4 is 27.5 Å². The molecule has 138 valence electrons. The largest absolute Gasteiger partial charge is 0.350 e. The molecule has 3 aromatic rings. The second-order valence-electron chi connectivity index (χ2n) is 6.89. The number of hydrogen-bond acceptors (Lipinski definition) is 4. The fourth-order valence-corrected chi connectivity index (χ4v) is 4.54. The van der Waals surface area contributed by atoms with Crippen LogP contribution >= 0.6 is 11.3 Å².